The van der Waals surface area contributed by atoms with Crippen molar-refractivity contribution >= 4 is 33.2 Å². The Labute approximate surface area is 129 Å². The number of hydrogen-bond acceptors (Lipinski definition) is 2. The number of benzene rings is 2. The minimum atomic E-state index is -0.811. The summed E-state index contributed by atoms with van der Waals surface area (Å²) in [6, 6.07) is 7.24. The van der Waals surface area contributed by atoms with Gasteiger partial charge in [0.1, 0.15) is 17.3 Å². The Bertz CT molecular complexity index is 681. The van der Waals surface area contributed by atoms with E-state index in [1.54, 1.807) is 18.2 Å². The molecular formula is C15H13BrF2N2O. The Morgan fingerprint density at radius 2 is 1.76 bits per heavy atom. The van der Waals surface area contributed by atoms with Crippen molar-refractivity contribution in [3.05, 3.63) is 57.6 Å². The fourth-order valence-corrected chi connectivity index (χ4v) is 2.12. The summed E-state index contributed by atoms with van der Waals surface area (Å²) in [4.78, 5) is 12.0. The number of carbonyl (C=O) groups excluding carboxylic acids is 1. The van der Waals surface area contributed by atoms with E-state index in [4.69, 9.17) is 0 Å². The monoisotopic (exact) mass is 354 g/mol. The molecule has 0 bridgehead atoms. The largest absolute Gasteiger partial charge is 0.383 e. The van der Waals surface area contributed by atoms with Crippen molar-refractivity contribution in [2.45, 2.75) is 6.92 Å². The molecule has 0 atom stereocenters. The van der Waals surface area contributed by atoms with Gasteiger partial charge in [0, 0.05) is 22.8 Å². The molecule has 2 rings (SSSR count). The Hall–Kier alpha value is -1.95. The first-order chi connectivity index (χ1) is 9.92. The molecule has 2 N–H and O–H groups in total. The smallest absolute Gasteiger partial charge is 0.255 e. The SMILES string of the molecule is CNc1c(F)cc(C(=O)Nc2ccc(Br)c(C)c2)cc1F. The molecule has 0 unspecified atom stereocenters. The van der Waals surface area contributed by atoms with Crippen LogP contribution in [0.4, 0.5) is 20.2 Å². The third kappa shape index (κ3) is 3.39. The second-order valence-corrected chi connectivity index (χ2v) is 5.34. The van der Waals surface area contributed by atoms with Gasteiger partial charge in [0.05, 0.1) is 0 Å². The number of amides is 1. The van der Waals surface area contributed by atoms with Crippen molar-refractivity contribution in [2.75, 3.05) is 17.7 Å². The van der Waals surface area contributed by atoms with E-state index in [9.17, 15) is 13.6 Å². The number of halogens is 3. The first-order valence-corrected chi connectivity index (χ1v) is 6.96. The van der Waals surface area contributed by atoms with Gasteiger partial charge in [-0.1, -0.05) is 15.9 Å². The molecule has 1 amide bonds. The number of hydrogen-bond donors (Lipinski definition) is 2. The van der Waals surface area contributed by atoms with Crippen LogP contribution in [0.1, 0.15) is 15.9 Å². The normalized spacial score (nSPS) is 10.3. The van der Waals surface area contributed by atoms with Crippen LogP contribution >= 0.6 is 15.9 Å². The quantitative estimate of drug-likeness (QED) is 0.861. The molecule has 0 fully saturated rings. The van der Waals surface area contributed by atoms with E-state index in [1.165, 1.54) is 7.05 Å². The highest BCUT2D eigenvalue weighted by Gasteiger charge is 2.14. The van der Waals surface area contributed by atoms with Gasteiger partial charge in [0.2, 0.25) is 0 Å². The summed E-state index contributed by atoms with van der Waals surface area (Å²) in [5, 5.41) is 5.01. The second kappa shape index (κ2) is 6.22. The molecule has 0 aliphatic carbocycles. The maximum absolute atomic E-state index is 13.6. The molecule has 110 valence electrons. The predicted octanol–water partition coefficient (Wildman–Crippen LogP) is 4.33. The summed E-state index contributed by atoms with van der Waals surface area (Å²) in [6.07, 6.45) is 0. The molecule has 2 aromatic carbocycles. The van der Waals surface area contributed by atoms with Gasteiger partial charge in [-0.25, -0.2) is 8.78 Å². The maximum atomic E-state index is 13.6. The lowest BCUT2D eigenvalue weighted by Crippen LogP contribution is -2.13. The van der Waals surface area contributed by atoms with Gasteiger partial charge < -0.3 is 10.6 Å². The van der Waals surface area contributed by atoms with Crippen LogP contribution in [0.2, 0.25) is 0 Å². The summed E-state index contributed by atoms with van der Waals surface area (Å²) in [6.45, 7) is 1.88. The number of anilines is 2. The zero-order valence-electron chi connectivity index (χ0n) is 11.4. The molecule has 0 saturated heterocycles. The fraction of sp³-hybridized carbons (Fsp3) is 0.133. The summed E-state index contributed by atoms with van der Waals surface area (Å²) in [5.74, 6) is -2.19. The number of nitrogens with one attached hydrogen (secondary N) is 2. The van der Waals surface area contributed by atoms with E-state index in [2.05, 4.69) is 26.6 Å². The minimum Gasteiger partial charge on any atom is -0.383 e. The van der Waals surface area contributed by atoms with E-state index < -0.39 is 17.5 Å². The van der Waals surface area contributed by atoms with Gasteiger partial charge in [0.15, 0.2) is 0 Å². The zero-order chi connectivity index (χ0) is 15.6. The van der Waals surface area contributed by atoms with E-state index >= 15 is 0 Å². The lowest BCUT2D eigenvalue weighted by atomic mass is 10.1. The molecule has 3 nitrogen and oxygen atoms in total. The molecule has 0 aliphatic heterocycles. The van der Waals surface area contributed by atoms with Crippen LogP contribution in [0.15, 0.2) is 34.8 Å². The molecule has 0 saturated carbocycles. The van der Waals surface area contributed by atoms with E-state index in [1.807, 2.05) is 6.92 Å². The van der Waals surface area contributed by atoms with Crippen LogP contribution in [-0.4, -0.2) is 13.0 Å². The summed E-state index contributed by atoms with van der Waals surface area (Å²) >= 11 is 3.36. The van der Waals surface area contributed by atoms with Crippen LogP contribution in [0.5, 0.6) is 0 Å². The highest BCUT2D eigenvalue weighted by molar-refractivity contribution is 9.10. The highest BCUT2D eigenvalue weighted by Crippen LogP contribution is 2.23. The average Bonchev–Trinajstić information content (AvgIpc) is 2.42. The van der Waals surface area contributed by atoms with Crippen molar-refractivity contribution in [1.29, 1.82) is 0 Å². The van der Waals surface area contributed by atoms with E-state index in [-0.39, 0.29) is 11.3 Å². The molecule has 0 spiro atoms. The molecular weight excluding hydrogens is 342 g/mol. The van der Waals surface area contributed by atoms with Gasteiger partial charge in [0.25, 0.3) is 5.91 Å². The van der Waals surface area contributed by atoms with Crippen LogP contribution in [0.25, 0.3) is 0 Å². The molecule has 6 heteroatoms. The zero-order valence-corrected chi connectivity index (χ0v) is 13.0. The standard InChI is InChI=1S/C15H13BrF2N2O/c1-8-5-10(3-4-11(8)16)20-15(21)9-6-12(17)14(19-2)13(18)7-9/h3-7,19H,1-2H3,(H,20,21). The Balaban J connectivity index is 2.26. The van der Waals surface area contributed by atoms with Crippen molar-refractivity contribution in [3.8, 4) is 0 Å². The Kier molecular flexibility index (Phi) is 4.57. The molecule has 2 aromatic rings. The Morgan fingerprint density at radius 3 is 2.29 bits per heavy atom. The van der Waals surface area contributed by atoms with Gasteiger partial charge in [-0.3, -0.25) is 4.79 Å². The summed E-state index contributed by atoms with van der Waals surface area (Å²) in [7, 11) is 1.41. The van der Waals surface area contributed by atoms with Crippen LogP contribution in [0.3, 0.4) is 0 Å². The lowest BCUT2D eigenvalue weighted by molar-refractivity contribution is 0.102. The van der Waals surface area contributed by atoms with Crippen molar-refractivity contribution in [1.82, 2.24) is 0 Å². The van der Waals surface area contributed by atoms with Gasteiger partial charge in [-0.15, -0.1) is 0 Å². The summed E-state index contributed by atoms with van der Waals surface area (Å²) in [5.41, 5.74) is 1.16. The number of carbonyl (C=O) groups is 1. The molecule has 0 radical (unpaired) electrons. The Morgan fingerprint density at radius 1 is 1.14 bits per heavy atom. The molecule has 0 aliphatic rings. The van der Waals surface area contributed by atoms with E-state index in [0.717, 1.165) is 22.2 Å². The van der Waals surface area contributed by atoms with Crippen molar-refractivity contribution in [3.63, 3.8) is 0 Å². The van der Waals surface area contributed by atoms with E-state index in [0.29, 0.717) is 5.69 Å². The van der Waals surface area contributed by atoms with Crippen molar-refractivity contribution < 1.29 is 13.6 Å². The first kappa shape index (κ1) is 15.4. The first-order valence-electron chi connectivity index (χ1n) is 6.16. The number of rotatable bonds is 3. The fourth-order valence-electron chi connectivity index (χ4n) is 1.87. The lowest BCUT2D eigenvalue weighted by Gasteiger charge is -2.09. The van der Waals surface area contributed by atoms with Gasteiger partial charge >= 0.3 is 0 Å². The van der Waals surface area contributed by atoms with Crippen LogP contribution in [0, 0.1) is 18.6 Å². The van der Waals surface area contributed by atoms with Gasteiger partial charge in [-0.05, 0) is 42.8 Å². The molecule has 21 heavy (non-hydrogen) atoms. The van der Waals surface area contributed by atoms with Crippen molar-refractivity contribution in [2.24, 2.45) is 0 Å². The van der Waals surface area contributed by atoms with Gasteiger partial charge in [-0.2, -0.15) is 0 Å². The second-order valence-electron chi connectivity index (χ2n) is 4.48. The predicted molar refractivity (Wildman–Crippen MR) is 82.7 cm³/mol. The highest BCUT2D eigenvalue weighted by atomic mass is 79.9. The maximum Gasteiger partial charge on any atom is 0.255 e. The third-order valence-electron chi connectivity index (χ3n) is 2.97. The average molecular weight is 355 g/mol. The molecule has 0 aromatic heterocycles. The summed E-state index contributed by atoms with van der Waals surface area (Å²) < 4.78 is 28.2. The third-order valence-corrected chi connectivity index (χ3v) is 3.86. The molecule has 0 heterocycles. The van der Waals surface area contributed by atoms with Crippen LogP contribution < -0.4 is 10.6 Å². The minimum absolute atomic E-state index is 0.0791. The topological polar surface area (TPSA) is 41.1 Å². The number of aryl methyl sites for hydroxylation is 1. The van der Waals surface area contributed by atoms with Crippen LogP contribution in [-0.2, 0) is 0 Å².